The summed E-state index contributed by atoms with van der Waals surface area (Å²) in [6, 6.07) is 4.67. The third-order valence-corrected chi connectivity index (χ3v) is 6.13. The van der Waals surface area contributed by atoms with E-state index in [1.807, 2.05) is 0 Å². The Morgan fingerprint density at radius 2 is 2.35 bits per heavy atom. The Kier molecular flexibility index (Phi) is 4.44. The lowest BCUT2D eigenvalue weighted by molar-refractivity contribution is -0.113. The molecule has 0 saturated heterocycles. The van der Waals surface area contributed by atoms with Crippen LogP contribution in [0.5, 0.6) is 0 Å². The van der Waals surface area contributed by atoms with E-state index in [0.717, 1.165) is 25.0 Å². The van der Waals surface area contributed by atoms with Gasteiger partial charge in [-0.2, -0.15) is 0 Å². The normalized spacial score (nSPS) is 27.2. The van der Waals surface area contributed by atoms with E-state index in [1.54, 1.807) is 24.4 Å². The topological polar surface area (TPSA) is 91.9 Å². The third-order valence-electron chi connectivity index (χ3n) is 5.17. The van der Waals surface area contributed by atoms with Crippen LogP contribution in [0.2, 0.25) is 0 Å². The van der Waals surface area contributed by atoms with E-state index >= 15 is 0 Å². The lowest BCUT2D eigenvalue weighted by Gasteiger charge is -2.36. The first-order valence-electron chi connectivity index (χ1n) is 8.62. The Morgan fingerprint density at radius 1 is 1.46 bits per heavy atom. The summed E-state index contributed by atoms with van der Waals surface area (Å²) in [6.45, 7) is 0.365. The fourth-order valence-corrected chi connectivity index (χ4v) is 4.96. The number of nitrogens with one attached hydrogen (secondary N) is 2. The first kappa shape index (κ1) is 17.1. The van der Waals surface area contributed by atoms with Gasteiger partial charge in [-0.05, 0) is 43.0 Å². The van der Waals surface area contributed by atoms with Crippen LogP contribution in [0.3, 0.4) is 0 Å². The Bertz CT molecular complexity index is 837. The number of carbonyl (C=O) groups is 1. The highest BCUT2D eigenvalue weighted by Gasteiger charge is 2.48. The molecule has 0 unspecified atom stereocenters. The molecule has 0 bridgehead atoms. The molecule has 1 saturated carbocycles. The van der Waals surface area contributed by atoms with Crippen LogP contribution in [-0.4, -0.2) is 29.7 Å². The first-order valence-corrected chi connectivity index (χ1v) is 9.60. The van der Waals surface area contributed by atoms with Crippen molar-refractivity contribution in [2.75, 3.05) is 17.7 Å². The second kappa shape index (κ2) is 6.75. The van der Waals surface area contributed by atoms with Crippen LogP contribution in [0.1, 0.15) is 24.8 Å². The van der Waals surface area contributed by atoms with Gasteiger partial charge < -0.3 is 16.4 Å². The zero-order valence-electron chi connectivity index (χ0n) is 14.2. The molecule has 1 amide bonds. The molecule has 2 atom stereocenters. The molecule has 0 radical (unpaired) electrons. The molecule has 1 fully saturated rings. The zero-order chi connectivity index (χ0) is 18.1. The number of amidine groups is 1. The number of aliphatic imine (C=N–C) groups is 2. The van der Waals surface area contributed by atoms with Crippen molar-refractivity contribution in [1.29, 1.82) is 0 Å². The number of fused-ring (bicyclic) bond motifs is 1. The van der Waals surface area contributed by atoms with Gasteiger partial charge in [0.05, 0.1) is 5.54 Å². The Balaban J connectivity index is 1.66. The SMILES string of the molecule is NC1=N[C@@]2(c3cc(NC(=O)C4=CC=NCN4)ccc3F)CCC[C@H]2CS1. The number of carbonyl (C=O) groups excluding carboxylic acids is 1. The minimum absolute atomic E-state index is 0.263. The largest absolute Gasteiger partial charge is 0.379 e. The minimum atomic E-state index is -0.616. The molecule has 4 N–H and O–H groups in total. The van der Waals surface area contributed by atoms with E-state index in [9.17, 15) is 9.18 Å². The highest BCUT2D eigenvalue weighted by molar-refractivity contribution is 8.13. The Hall–Kier alpha value is -2.35. The number of nitrogens with two attached hydrogens (primary N) is 1. The molecule has 1 aromatic rings. The van der Waals surface area contributed by atoms with Crippen molar-refractivity contribution in [3.8, 4) is 0 Å². The number of thioether (sulfide) groups is 1. The van der Waals surface area contributed by atoms with Gasteiger partial charge in [-0.1, -0.05) is 18.2 Å². The summed E-state index contributed by atoms with van der Waals surface area (Å²) in [5.74, 6) is 0.526. The monoisotopic (exact) mass is 373 g/mol. The average Bonchev–Trinajstić information content (AvgIpc) is 3.07. The van der Waals surface area contributed by atoms with Gasteiger partial charge in [-0.3, -0.25) is 14.8 Å². The molecule has 2 heterocycles. The van der Waals surface area contributed by atoms with Crippen LogP contribution in [-0.2, 0) is 10.3 Å². The van der Waals surface area contributed by atoms with Crippen LogP contribution in [0.15, 0.2) is 40.0 Å². The fourth-order valence-electron chi connectivity index (χ4n) is 3.92. The maximum atomic E-state index is 14.7. The van der Waals surface area contributed by atoms with E-state index in [4.69, 9.17) is 5.73 Å². The highest BCUT2D eigenvalue weighted by Crippen LogP contribution is 2.51. The van der Waals surface area contributed by atoms with Crippen molar-refractivity contribution in [2.45, 2.75) is 24.8 Å². The average molecular weight is 373 g/mol. The van der Waals surface area contributed by atoms with E-state index < -0.39 is 5.54 Å². The van der Waals surface area contributed by atoms with Crippen molar-refractivity contribution >= 4 is 34.7 Å². The van der Waals surface area contributed by atoms with Gasteiger partial charge in [0.1, 0.15) is 18.2 Å². The smallest absolute Gasteiger partial charge is 0.271 e. The molecule has 136 valence electrons. The lowest BCUT2D eigenvalue weighted by Crippen LogP contribution is -2.37. The summed E-state index contributed by atoms with van der Waals surface area (Å²) in [5.41, 5.74) is 6.85. The van der Waals surface area contributed by atoms with Gasteiger partial charge in [0.15, 0.2) is 5.17 Å². The molecule has 26 heavy (non-hydrogen) atoms. The van der Waals surface area contributed by atoms with Gasteiger partial charge in [-0.25, -0.2) is 4.39 Å². The lowest BCUT2D eigenvalue weighted by atomic mass is 9.81. The molecule has 0 spiro atoms. The molecule has 2 aliphatic heterocycles. The summed E-state index contributed by atoms with van der Waals surface area (Å²) in [4.78, 5) is 21.0. The predicted octanol–water partition coefficient (Wildman–Crippen LogP) is 2.34. The van der Waals surface area contributed by atoms with E-state index in [-0.39, 0.29) is 17.6 Å². The second-order valence-corrected chi connectivity index (χ2v) is 7.71. The van der Waals surface area contributed by atoms with Crippen LogP contribution in [0.4, 0.5) is 10.1 Å². The highest BCUT2D eigenvalue weighted by atomic mass is 32.2. The third kappa shape index (κ3) is 2.98. The van der Waals surface area contributed by atoms with Crippen molar-refractivity contribution in [1.82, 2.24) is 5.32 Å². The van der Waals surface area contributed by atoms with Crippen molar-refractivity contribution < 1.29 is 9.18 Å². The summed E-state index contributed by atoms with van der Waals surface area (Å²) in [5, 5.41) is 6.24. The van der Waals surface area contributed by atoms with Crippen LogP contribution in [0.25, 0.3) is 0 Å². The quantitative estimate of drug-likeness (QED) is 0.758. The van der Waals surface area contributed by atoms with Gasteiger partial charge in [0, 0.05) is 23.2 Å². The van der Waals surface area contributed by atoms with Crippen molar-refractivity contribution in [3.63, 3.8) is 0 Å². The summed E-state index contributed by atoms with van der Waals surface area (Å²) in [7, 11) is 0. The molecule has 1 aromatic carbocycles. The summed E-state index contributed by atoms with van der Waals surface area (Å²) in [6.07, 6.45) is 5.97. The fraction of sp³-hybridized carbons (Fsp3) is 0.389. The number of amides is 1. The Labute approximate surface area is 155 Å². The number of anilines is 1. The number of rotatable bonds is 3. The van der Waals surface area contributed by atoms with E-state index in [0.29, 0.717) is 28.8 Å². The molecule has 1 aliphatic carbocycles. The van der Waals surface area contributed by atoms with Crippen LogP contribution < -0.4 is 16.4 Å². The van der Waals surface area contributed by atoms with E-state index in [1.165, 1.54) is 17.8 Å². The minimum Gasteiger partial charge on any atom is -0.379 e. The maximum Gasteiger partial charge on any atom is 0.271 e. The van der Waals surface area contributed by atoms with Gasteiger partial charge in [0.25, 0.3) is 5.91 Å². The van der Waals surface area contributed by atoms with Crippen LogP contribution in [0, 0.1) is 11.7 Å². The van der Waals surface area contributed by atoms with Gasteiger partial charge in [-0.15, -0.1) is 0 Å². The maximum absolute atomic E-state index is 14.7. The molecule has 8 heteroatoms. The zero-order valence-corrected chi connectivity index (χ0v) is 15.0. The Morgan fingerprint density at radius 3 is 3.15 bits per heavy atom. The number of nitrogens with zero attached hydrogens (tertiary/aromatic N) is 2. The van der Waals surface area contributed by atoms with Crippen molar-refractivity contribution in [3.05, 3.63) is 41.4 Å². The molecule has 4 rings (SSSR count). The first-order chi connectivity index (χ1) is 12.6. The predicted molar refractivity (Wildman–Crippen MR) is 103 cm³/mol. The summed E-state index contributed by atoms with van der Waals surface area (Å²) < 4.78 is 14.7. The number of allylic oxidation sites excluding steroid dienone is 1. The number of hydrogen-bond acceptors (Lipinski definition) is 6. The number of halogens is 1. The molecule has 0 aromatic heterocycles. The van der Waals surface area contributed by atoms with Gasteiger partial charge in [0.2, 0.25) is 0 Å². The molecular weight excluding hydrogens is 353 g/mol. The summed E-state index contributed by atoms with van der Waals surface area (Å²) >= 11 is 1.53. The molecule has 3 aliphatic rings. The van der Waals surface area contributed by atoms with Crippen molar-refractivity contribution in [2.24, 2.45) is 21.6 Å². The van der Waals surface area contributed by atoms with E-state index in [2.05, 4.69) is 20.6 Å². The van der Waals surface area contributed by atoms with Gasteiger partial charge >= 0.3 is 0 Å². The molecule has 6 nitrogen and oxygen atoms in total. The number of hydrogen-bond donors (Lipinski definition) is 3. The second-order valence-electron chi connectivity index (χ2n) is 6.67. The molecular formula is C18H20FN5OS. The standard InChI is InChI=1S/C18H20FN5OS/c19-14-4-3-12(23-16(25)15-5-7-21-10-22-15)8-13(14)18-6-1-2-11(18)9-26-17(20)24-18/h3-5,7-8,11,22H,1-2,6,9-10H2,(H2,20,24)(H,23,25)/t11-,18-/m0/s1. The van der Waals surface area contributed by atoms with Crippen LogP contribution >= 0.6 is 11.8 Å². The number of benzene rings is 1.